The molecule has 1 aromatic rings. The van der Waals surface area contributed by atoms with Gasteiger partial charge < -0.3 is 20.1 Å². The van der Waals surface area contributed by atoms with Crippen molar-refractivity contribution in [3.63, 3.8) is 0 Å². The van der Waals surface area contributed by atoms with Crippen molar-refractivity contribution in [3.05, 3.63) is 23.8 Å². The number of hydrogen-bond acceptors (Lipinski definition) is 4. The van der Waals surface area contributed by atoms with Gasteiger partial charge in [-0.15, -0.1) is 0 Å². The van der Waals surface area contributed by atoms with Gasteiger partial charge in [-0.2, -0.15) is 0 Å². The van der Waals surface area contributed by atoms with Gasteiger partial charge in [0.05, 0.1) is 14.2 Å². The number of carbonyl (C=O) groups excluding carboxylic acids is 1. The van der Waals surface area contributed by atoms with E-state index >= 15 is 0 Å². The number of nitrogens with zero attached hydrogens (tertiary/aromatic N) is 1. The van der Waals surface area contributed by atoms with Gasteiger partial charge in [-0.25, -0.2) is 0 Å². The molecule has 1 unspecified atom stereocenters. The second-order valence-electron chi connectivity index (χ2n) is 6.05. The third kappa shape index (κ3) is 4.61. The highest BCUT2D eigenvalue weighted by atomic mass is 16.5. The summed E-state index contributed by atoms with van der Waals surface area (Å²) >= 11 is 0. The Morgan fingerprint density at radius 3 is 2.35 bits per heavy atom. The number of rotatable bonds is 6. The summed E-state index contributed by atoms with van der Waals surface area (Å²) in [7, 11) is 3.22. The van der Waals surface area contributed by atoms with Crippen LogP contribution in [0.1, 0.15) is 43.6 Å². The second-order valence-corrected chi connectivity index (χ2v) is 6.05. The fourth-order valence-electron chi connectivity index (χ4n) is 3.10. The summed E-state index contributed by atoms with van der Waals surface area (Å²) in [6, 6.07) is 5.76. The molecular weight excluding hydrogens is 292 g/mol. The van der Waals surface area contributed by atoms with Crippen molar-refractivity contribution in [2.75, 3.05) is 33.9 Å². The first-order valence-corrected chi connectivity index (χ1v) is 8.39. The van der Waals surface area contributed by atoms with Gasteiger partial charge in [-0.3, -0.25) is 4.79 Å². The predicted octanol–water partition coefficient (Wildman–Crippen LogP) is 2.54. The fourth-order valence-corrected chi connectivity index (χ4v) is 3.10. The summed E-state index contributed by atoms with van der Waals surface area (Å²) in [5, 5.41) is 0. The fraction of sp³-hybridized carbons (Fsp3) is 0.611. The van der Waals surface area contributed by atoms with E-state index in [4.69, 9.17) is 15.2 Å². The lowest BCUT2D eigenvalue weighted by Gasteiger charge is -2.24. The summed E-state index contributed by atoms with van der Waals surface area (Å²) in [5.74, 6) is 1.57. The molecule has 1 heterocycles. The van der Waals surface area contributed by atoms with Gasteiger partial charge in [0, 0.05) is 25.4 Å². The van der Waals surface area contributed by atoms with Gasteiger partial charge in [-0.1, -0.05) is 18.9 Å². The van der Waals surface area contributed by atoms with E-state index in [0.717, 1.165) is 31.5 Å². The van der Waals surface area contributed by atoms with Crippen LogP contribution in [0.15, 0.2) is 18.2 Å². The summed E-state index contributed by atoms with van der Waals surface area (Å²) in [6.45, 7) is 2.19. The predicted molar refractivity (Wildman–Crippen MR) is 91.0 cm³/mol. The number of carbonyl (C=O) groups is 1. The molecule has 0 bridgehead atoms. The Morgan fingerprint density at radius 1 is 1.13 bits per heavy atom. The van der Waals surface area contributed by atoms with Gasteiger partial charge in [-0.05, 0) is 37.1 Å². The summed E-state index contributed by atoms with van der Waals surface area (Å²) in [4.78, 5) is 14.6. The molecule has 5 nitrogen and oxygen atoms in total. The van der Waals surface area contributed by atoms with Crippen molar-refractivity contribution >= 4 is 5.91 Å². The molecule has 1 aliphatic heterocycles. The van der Waals surface area contributed by atoms with Crippen LogP contribution < -0.4 is 15.2 Å². The molecule has 2 N–H and O–H groups in total. The van der Waals surface area contributed by atoms with Crippen LogP contribution in [-0.4, -0.2) is 44.7 Å². The minimum atomic E-state index is 0.00515. The molecule has 5 heteroatoms. The van der Waals surface area contributed by atoms with Gasteiger partial charge in [0.1, 0.15) is 0 Å². The lowest BCUT2D eigenvalue weighted by atomic mass is 9.94. The molecule has 0 aliphatic carbocycles. The van der Waals surface area contributed by atoms with Crippen LogP contribution in [0.25, 0.3) is 0 Å². The topological polar surface area (TPSA) is 64.8 Å². The number of hydrogen-bond donors (Lipinski definition) is 1. The van der Waals surface area contributed by atoms with Crippen molar-refractivity contribution in [1.82, 2.24) is 4.90 Å². The van der Waals surface area contributed by atoms with Crippen molar-refractivity contribution < 1.29 is 14.3 Å². The molecule has 2 rings (SSSR count). The first-order chi connectivity index (χ1) is 11.2. The molecule has 0 radical (unpaired) electrons. The van der Waals surface area contributed by atoms with E-state index < -0.39 is 0 Å². The van der Waals surface area contributed by atoms with Crippen LogP contribution >= 0.6 is 0 Å². The van der Waals surface area contributed by atoms with Crippen LogP contribution in [0.4, 0.5) is 0 Å². The Balaban J connectivity index is 2.08. The largest absolute Gasteiger partial charge is 0.493 e. The highest BCUT2D eigenvalue weighted by molar-refractivity contribution is 5.77. The SMILES string of the molecule is COc1ccc(C(CN)CC(=O)N2CCCCCC2)cc1OC. The van der Waals surface area contributed by atoms with Crippen LogP contribution in [0.3, 0.4) is 0 Å². The minimum Gasteiger partial charge on any atom is -0.493 e. The number of nitrogens with two attached hydrogens (primary N) is 1. The third-order valence-electron chi connectivity index (χ3n) is 4.54. The van der Waals surface area contributed by atoms with Gasteiger partial charge in [0.15, 0.2) is 11.5 Å². The quantitative estimate of drug-likeness (QED) is 0.875. The molecule has 1 saturated heterocycles. The van der Waals surface area contributed by atoms with Crippen molar-refractivity contribution in [2.24, 2.45) is 5.73 Å². The van der Waals surface area contributed by atoms with Crippen molar-refractivity contribution in [1.29, 1.82) is 0 Å². The average molecular weight is 320 g/mol. The molecule has 128 valence electrons. The lowest BCUT2D eigenvalue weighted by Crippen LogP contribution is -2.33. The summed E-state index contributed by atoms with van der Waals surface area (Å²) in [6.07, 6.45) is 5.11. The number of likely N-dealkylation sites (tertiary alicyclic amines) is 1. The van der Waals surface area contributed by atoms with E-state index in [1.54, 1.807) is 14.2 Å². The molecule has 1 aromatic carbocycles. The summed E-state index contributed by atoms with van der Waals surface area (Å²) in [5.41, 5.74) is 6.95. The molecule has 0 spiro atoms. The lowest BCUT2D eigenvalue weighted by molar-refractivity contribution is -0.131. The summed E-state index contributed by atoms with van der Waals surface area (Å²) < 4.78 is 10.6. The average Bonchev–Trinajstić information content (AvgIpc) is 2.88. The number of methoxy groups -OCH3 is 2. The van der Waals surface area contributed by atoms with Gasteiger partial charge >= 0.3 is 0 Å². The molecule has 1 amide bonds. The smallest absolute Gasteiger partial charge is 0.223 e. The second kappa shape index (κ2) is 8.77. The molecule has 1 atom stereocenters. The number of amides is 1. The Morgan fingerprint density at radius 2 is 1.78 bits per heavy atom. The maximum Gasteiger partial charge on any atom is 0.223 e. The van der Waals surface area contributed by atoms with E-state index in [-0.39, 0.29) is 11.8 Å². The first kappa shape index (κ1) is 17.6. The zero-order valence-corrected chi connectivity index (χ0v) is 14.2. The monoisotopic (exact) mass is 320 g/mol. The van der Waals surface area contributed by atoms with E-state index in [9.17, 15) is 4.79 Å². The van der Waals surface area contributed by atoms with Crippen LogP contribution in [0, 0.1) is 0 Å². The first-order valence-electron chi connectivity index (χ1n) is 8.39. The zero-order chi connectivity index (χ0) is 16.7. The minimum absolute atomic E-state index is 0.00515. The van der Waals surface area contributed by atoms with Crippen molar-refractivity contribution in [3.8, 4) is 11.5 Å². The maximum atomic E-state index is 12.6. The van der Waals surface area contributed by atoms with E-state index in [1.807, 2.05) is 23.1 Å². The maximum absolute atomic E-state index is 12.6. The standard InChI is InChI=1S/C18H28N2O3/c1-22-16-8-7-14(11-17(16)23-2)15(13-19)12-18(21)20-9-5-3-4-6-10-20/h7-8,11,15H,3-6,9-10,12-13,19H2,1-2H3. The number of benzene rings is 1. The highest BCUT2D eigenvalue weighted by Crippen LogP contribution is 2.31. The van der Waals surface area contributed by atoms with Crippen LogP contribution in [0.2, 0.25) is 0 Å². The van der Waals surface area contributed by atoms with Gasteiger partial charge in [0.25, 0.3) is 0 Å². The Kier molecular flexibility index (Phi) is 6.71. The van der Waals surface area contributed by atoms with Crippen LogP contribution in [-0.2, 0) is 4.79 Å². The van der Waals surface area contributed by atoms with Crippen LogP contribution in [0.5, 0.6) is 11.5 Å². The van der Waals surface area contributed by atoms with E-state index in [2.05, 4.69) is 0 Å². The molecule has 0 aromatic heterocycles. The normalized spacial score (nSPS) is 16.6. The Hall–Kier alpha value is -1.75. The molecule has 23 heavy (non-hydrogen) atoms. The number of ether oxygens (including phenoxy) is 2. The van der Waals surface area contributed by atoms with Gasteiger partial charge in [0.2, 0.25) is 5.91 Å². The molecular formula is C18H28N2O3. The third-order valence-corrected chi connectivity index (χ3v) is 4.54. The highest BCUT2D eigenvalue weighted by Gasteiger charge is 2.21. The zero-order valence-electron chi connectivity index (χ0n) is 14.2. The Labute approximate surface area is 138 Å². The van der Waals surface area contributed by atoms with Crippen molar-refractivity contribution in [2.45, 2.75) is 38.0 Å². The van der Waals surface area contributed by atoms with E-state index in [0.29, 0.717) is 24.5 Å². The Bertz CT molecular complexity index is 511. The molecule has 0 saturated carbocycles. The molecule has 1 fully saturated rings. The molecule has 1 aliphatic rings. The van der Waals surface area contributed by atoms with E-state index in [1.165, 1.54) is 12.8 Å².